The number of benzene rings is 1. The van der Waals surface area contributed by atoms with Crippen molar-refractivity contribution in [2.24, 2.45) is 0 Å². The van der Waals surface area contributed by atoms with Gasteiger partial charge in [0.25, 0.3) is 0 Å². The van der Waals surface area contributed by atoms with Gasteiger partial charge in [-0.25, -0.2) is 0 Å². The van der Waals surface area contributed by atoms with Crippen molar-refractivity contribution in [1.29, 1.82) is 0 Å². The minimum atomic E-state index is 0.616. The van der Waals surface area contributed by atoms with Crippen LogP contribution < -0.4 is 15.8 Å². The molecule has 0 aliphatic rings. The number of nitrogens with one attached hydrogen (secondary N) is 1. The van der Waals surface area contributed by atoms with Crippen molar-refractivity contribution in [3.05, 3.63) is 42.7 Å². The highest BCUT2D eigenvalue weighted by Crippen LogP contribution is 2.24. The molecule has 0 spiro atoms. The fourth-order valence-electron chi connectivity index (χ4n) is 1.38. The molecule has 0 saturated heterocycles. The number of hydrogen-bond donors (Lipinski definition) is 2. The summed E-state index contributed by atoms with van der Waals surface area (Å²) in [4.78, 5) is 3.93. The van der Waals surface area contributed by atoms with E-state index < -0.39 is 0 Å². The number of ether oxygens (including phenoxy) is 1. The van der Waals surface area contributed by atoms with E-state index in [4.69, 9.17) is 10.5 Å². The normalized spacial score (nSPS) is 9.81. The molecule has 0 unspecified atom stereocenters. The smallest absolute Gasteiger partial charge is 0.120 e. The quantitative estimate of drug-likeness (QED) is 0.825. The van der Waals surface area contributed by atoms with Gasteiger partial charge < -0.3 is 15.8 Å². The third-order valence-corrected chi connectivity index (χ3v) is 2.20. The molecular formula is C12H13N3O. The van der Waals surface area contributed by atoms with Gasteiger partial charge in [-0.15, -0.1) is 0 Å². The fraction of sp³-hybridized carbons (Fsp3) is 0.0833. The Bertz CT molecular complexity index is 485. The molecule has 4 nitrogen and oxygen atoms in total. The van der Waals surface area contributed by atoms with Gasteiger partial charge >= 0.3 is 0 Å². The predicted octanol–water partition coefficient (Wildman–Crippen LogP) is 2.42. The van der Waals surface area contributed by atoms with Gasteiger partial charge in [0.1, 0.15) is 5.75 Å². The fourth-order valence-corrected chi connectivity index (χ4v) is 1.38. The van der Waals surface area contributed by atoms with Crippen LogP contribution in [0, 0.1) is 0 Å². The van der Waals surface area contributed by atoms with Gasteiger partial charge in [0, 0.05) is 18.0 Å². The van der Waals surface area contributed by atoms with E-state index in [0.717, 1.165) is 17.1 Å². The van der Waals surface area contributed by atoms with Crippen molar-refractivity contribution in [3.8, 4) is 5.75 Å². The Morgan fingerprint density at radius 1 is 1.31 bits per heavy atom. The van der Waals surface area contributed by atoms with Crippen molar-refractivity contribution in [1.82, 2.24) is 4.98 Å². The molecule has 0 saturated carbocycles. The Hall–Kier alpha value is -2.23. The molecule has 0 aliphatic carbocycles. The van der Waals surface area contributed by atoms with Crippen molar-refractivity contribution < 1.29 is 4.74 Å². The highest BCUT2D eigenvalue weighted by molar-refractivity contribution is 5.71. The number of pyridine rings is 1. The number of nitrogens with two attached hydrogens (primary N) is 1. The minimum Gasteiger partial charge on any atom is -0.497 e. The first-order valence-electron chi connectivity index (χ1n) is 4.90. The number of nitrogen functional groups attached to an aromatic ring is 1. The van der Waals surface area contributed by atoms with E-state index in [1.54, 1.807) is 19.5 Å². The van der Waals surface area contributed by atoms with Crippen molar-refractivity contribution in [3.63, 3.8) is 0 Å². The van der Waals surface area contributed by atoms with Crippen LogP contribution in [-0.2, 0) is 0 Å². The molecule has 0 fully saturated rings. The summed E-state index contributed by atoms with van der Waals surface area (Å²) in [6.07, 6.45) is 3.31. The Morgan fingerprint density at radius 3 is 2.94 bits per heavy atom. The van der Waals surface area contributed by atoms with E-state index in [2.05, 4.69) is 10.3 Å². The largest absolute Gasteiger partial charge is 0.497 e. The SMILES string of the molecule is COc1cccc(Nc2ccncc2N)c1. The van der Waals surface area contributed by atoms with E-state index in [9.17, 15) is 0 Å². The molecule has 3 N–H and O–H groups in total. The van der Waals surface area contributed by atoms with Crippen LogP contribution in [0.4, 0.5) is 17.1 Å². The van der Waals surface area contributed by atoms with Crippen LogP contribution in [0.2, 0.25) is 0 Å². The first-order chi connectivity index (χ1) is 7.79. The summed E-state index contributed by atoms with van der Waals surface area (Å²) in [5.74, 6) is 0.803. The zero-order chi connectivity index (χ0) is 11.4. The van der Waals surface area contributed by atoms with E-state index in [1.807, 2.05) is 30.3 Å². The number of rotatable bonds is 3. The van der Waals surface area contributed by atoms with Gasteiger partial charge in [-0.05, 0) is 18.2 Å². The molecule has 0 atom stereocenters. The summed E-state index contributed by atoms with van der Waals surface area (Å²) in [6.45, 7) is 0. The Morgan fingerprint density at radius 2 is 2.19 bits per heavy atom. The molecule has 0 radical (unpaired) electrons. The second-order valence-corrected chi connectivity index (χ2v) is 3.32. The number of methoxy groups -OCH3 is 1. The maximum atomic E-state index is 5.78. The van der Waals surface area contributed by atoms with Gasteiger partial charge in [-0.2, -0.15) is 0 Å². The van der Waals surface area contributed by atoms with Gasteiger partial charge in [0.15, 0.2) is 0 Å². The van der Waals surface area contributed by atoms with Crippen LogP contribution >= 0.6 is 0 Å². The molecule has 0 bridgehead atoms. The van der Waals surface area contributed by atoms with E-state index >= 15 is 0 Å². The van der Waals surface area contributed by atoms with Crippen LogP contribution in [0.15, 0.2) is 42.7 Å². The summed E-state index contributed by atoms with van der Waals surface area (Å²) in [6, 6.07) is 9.48. The maximum absolute atomic E-state index is 5.78. The van der Waals surface area contributed by atoms with E-state index in [1.165, 1.54) is 0 Å². The zero-order valence-corrected chi connectivity index (χ0v) is 8.97. The zero-order valence-electron chi connectivity index (χ0n) is 8.97. The molecule has 16 heavy (non-hydrogen) atoms. The minimum absolute atomic E-state index is 0.616. The molecule has 0 aliphatic heterocycles. The highest BCUT2D eigenvalue weighted by atomic mass is 16.5. The Kier molecular flexibility index (Phi) is 2.91. The third-order valence-electron chi connectivity index (χ3n) is 2.20. The summed E-state index contributed by atoms with van der Waals surface area (Å²) in [7, 11) is 1.64. The van der Waals surface area contributed by atoms with Crippen molar-refractivity contribution in [2.45, 2.75) is 0 Å². The van der Waals surface area contributed by atoms with Crippen molar-refractivity contribution >= 4 is 17.1 Å². The van der Waals surface area contributed by atoms with Crippen molar-refractivity contribution in [2.75, 3.05) is 18.2 Å². The lowest BCUT2D eigenvalue weighted by Gasteiger charge is -2.09. The van der Waals surface area contributed by atoms with Gasteiger partial charge in [0.05, 0.1) is 24.7 Å². The molecule has 1 aromatic carbocycles. The number of anilines is 3. The molecule has 4 heteroatoms. The molecule has 0 amide bonds. The van der Waals surface area contributed by atoms with Crippen LogP contribution in [0.25, 0.3) is 0 Å². The number of aromatic nitrogens is 1. The molecule has 1 aromatic heterocycles. The maximum Gasteiger partial charge on any atom is 0.120 e. The second kappa shape index (κ2) is 4.53. The average Bonchev–Trinajstić information content (AvgIpc) is 2.32. The molecule has 2 rings (SSSR count). The third kappa shape index (κ3) is 2.23. The van der Waals surface area contributed by atoms with Crippen LogP contribution in [0.1, 0.15) is 0 Å². The first-order valence-corrected chi connectivity index (χ1v) is 4.90. The summed E-state index contributed by atoms with van der Waals surface area (Å²) < 4.78 is 5.14. The van der Waals surface area contributed by atoms with Crippen LogP contribution in [0.3, 0.4) is 0 Å². The summed E-state index contributed by atoms with van der Waals surface area (Å²) in [5.41, 5.74) is 8.16. The molecule has 82 valence electrons. The summed E-state index contributed by atoms with van der Waals surface area (Å²) in [5, 5.41) is 3.20. The standard InChI is InChI=1S/C12H13N3O/c1-16-10-4-2-3-9(7-10)15-12-5-6-14-8-11(12)13/h2-8H,13H2,1H3,(H,14,15). The van der Waals surface area contributed by atoms with Gasteiger partial charge in [0.2, 0.25) is 0 Å². The Labute approximate surface area is 94.1 Å². The first kappa shape index (κ1) is 10.3. The summed E-state index contributed by atoms with van der Waals surface area (Å²) >= 11 is 0. The van der Waals surface area contributed by atoms with Gasteiger partial charge in [-0.3, -0.25) is 4.98 Å². The lowest BCUT2D eigenvalue weighted by atomic mass is 10.2. The van der Waals surface area contributed by atoms with Crippen LogP contribution in [0.5, 0.6) is 5.75 Å². The van der Waals surface area contributed by atoms with E-state index in [-0.39, 0.29) is 0 Å². The van der Waals surface area contributed by atoms with E-state index in [0.29, 0.717) is 5.69 Å². The molecular weight excluding hydrogens is 202 g/mol. The lowest BCUT2D eigenvalue weighted by molar-refractivity contribution is 0.415. The monoisotopic (exact) mass is 215 g/mol. The molecule has 1 heterocycles. The second-order valence-electron chi connectivity index (χ2n) is 3.32. The lowest BCUT2D eigenvalue weighted by Crippen LogP contribution is -1.96. The van der Waals surface area contributed by atoms with Crippen LogP contribution in [-0.4, -0.2) is 12.1 Å². The highest BCUT2D eigenvalue weighted by Gasteiger charge is 1.99. The predicted molar refractivity (Wildman–Crippen MR) is 64.9 cm³/mol. The topological polar surface area (TPSA) is 60.2 Å². The average molecular weight is 215 g/mol. The number of hydrogen-bond acceptors (Lipinski definition) is 4. The number of nitrogens with zero attached hydrogens (tertiary/aromatic N) is 1. The Balaban J connectivity index is 2.24. The van der Waals surface area contributed by atoms with Gasteiger partial charge in [-0.1, -0.05) is 6.07 Å². The molecule has 2 aromatic rings.